The molecule has 2 nitrogen and oxygen atoms in total. The molecule has 0 spiro atoms. The van der Waals surface area contributed by atoms with E-state index < -0.39 is 0 Å². The third kappa shape index (κ3) is 1.09. The first kappa shape index (κ1) is 5.35. The zero-order chi connectivity index (χ0) is 5.98. The molecule has 0 aromatic heterocycles. The predicted octanol–water partition coefficient (Wildman–Crippen LogP) is 1.04. The molecule has 0 heterocycles. The highest BCUT2D eigenvalue weighted by molar-refractivity contribution is 5.93. The summed E-state index contributed by atoms with van der Waals surface area (Å²) in [5.41, 5.74) is 0. The van der Waals surface area contributed by atoms with Crippen LogP contribution in [0.3, 0.4) is 0 Å². The number of aliphatic hydroxyl groups excluding tert-OH is 1. The summed E-state index contributed by atoms with van der Waals surface area (Å²) in [6, 6.07) is 0. The van der Waals surface area contributed by atoms with Gasteiger partial charge >= 0.3 is 0 Å². The lowest BCUT2D eigenvalue weighted by Gasteiger charge is -1.80. The molecule has 1 aliphatic carbocycles. The third-order valence-electron chi connectivity index (χ3n) is 1.22. The molecular formula is C6H8O2. The van der Waals surface area contributed by atoms with E-state index in [9.17, 15) is 4.79 Å². The summed E-state index contributed by atoms with van der Waals surface area (Å²) < 4.78 is 0. The van der Waals surface area contributed by atoms with Gasteiger partial charge in [-0.2, -0.15) is 0 Å². The average Bonchev–Trinajstić information content (AvgIpc) is 2.45. The highest BCUT2D eigenvalue weighted by Gasteiger charge is 2.27. The lowest BCUT2D eigenvalue weighted by Crippen LogP contribution is -1.92. The van der Waals surface area contributed by atoms with E-state index in [-0.39, 0.29) is 11.7 Å². The van der Waals surface area contributed by atoms with Crippen molar-refractivity contribution in [3.8, 4) is 0 Å². The van der Waals surface area contributed by atoms with Crippen molar-refractivity contribution in [3.05, 3.63) is 12.3 Å². The standard InChI is InChI=1S/C6H8O2/c7-4-3-6(8)5-1-2-5/h3-5,7H,1-2H2/b4-3-. The van der Waals surface area contributed by atoms with Crippen molar-refractivity contribution in [3.63, 3.8) is 0 Å². The molecule has 2 heteroatoms. The Morgan fingerprint density at radius 2 is 2.25 bits per heavy atom. The summed E-state index contributed by atoms with van der Waals surface area (Å²) in [4.78, 5) is 10.6. The van der Waals surface area contributed by atoms with Gasteiger partial charge < -0.3 is 5.11 Å². The second-order valence-corrected chi connectivity index (χ2v) is 1.99. The maximum absolute atomic E-state index is 10.6. The van der Waals surface area contributed by atoms with Gasteiger partial charge in [0.25, 0.3) is 0 Å². The maximum Gasteiger partial charge on any atom is 0.161 e. The SMILES string of the molecule is O=C(/C=C\O)C1CC1. The van der Waals surface area contributed by atoms with Crippen molar-refractivity contribution in [2.24, 2.45) is 5.92 Å². The van der Waals surface area contributed by atoms with Gasteiger partial charge in [-0.3, -0.25) is 4.79 Å². The molecule has 0 amide bonds. The van der Waals surface area contributed by atoms with E-state index >= 15 is 0 Å². The Hall–Kier alpha value is -0.790. The highest BCUT2D eigenvalue weighted by atomic mass is 16.2. The summed E-state index contributed by atoms with van der Waals surface area (Å²) in [6.45, 7) is 0. The lowest BCUT2D eigenvalue weighted by molar-refractivity contribution is -0.115. The smallest absolute Gasteiger partial charge is 0.161 e. The summed E-state index contributed by atoms with van der Waals surface area (Å²) >= 11 is 0. The lowest BCUT2D eigenvalue weighted by atomic mass is 10.3. The number of ketones is 1. The van der Waals surface area contributed by atoms with Crippen LogP contribution in [0.25, 0.3) is 0 Å². The van der Waals surface area contributed by atoms with E-state index in [1.54, 1.807) is 0 Å². The van der Waals surface area contributed by atoms with Crippen LogP contribution in [-0.2, 0) is 4.79 Å². The first-order chi connectivity index (χ1) is 3.84. The van der Waals surface area contributed by atoms with Crippen molar-refractivity contribution in [1.82, 2.24) is 0 Å². The molecule has 0 saturated heterocycles. The molecule has 1 saturated carbocycles. The molecule has 0 unspecified atom stereocenters. The van der Waals surface area contributed by atoms with Crippen LogP contribution in [0.1, 0.15) is 12.8 Å². The fourth-order valence-electron chi connectivity index (χ4n) is 0.577. The number of hydrogen-bond donors (Lipinski definition) is 1. The van der Waals surface area contributed by atoms with Gasteiger partial charge in [0.2, 0.25) is 0 Å². The molecule has 1 aliphatic rings. The number of aliphatic hydroxyl groups is 1. The van der Waals surface area contributed by atoms with Crippen LogP contribution >= 0.6 is 0 Å². The van der Waals surface area contributed by atoms with Crippen molar-refractivity contribution in [2.45, 2.75) is 12.8 Å². The van der Waals surface area contributed by atoms with Crippen LogP contribution in [0.15, 0.2) is 12.3 Å². The van der Waals surface area contributed by atoms with Crippen molar-refractivity contribution in [1.29, 1.82) is 0 Å². The van der Waals surface area contributed by atoms with E-state index in [0.717, 1.165) is 19.1 Å². The quantitative estimate of drug-likeness (QED) is 0.428. The van der Waals surface area contributed by atoms with Gasteiger partial charge in [0, 0.05) is 12.0 Å². The fourth-order valence-corrected chi connectivity index (χ4v) is 0.577. The molecule has 1 rings (SSSR count). The molecule has 0 aromatic rings. The minimum absolute atomic E-state index is 0.0625. The summed E-state index contributed by atoms with van der Waals surface area (Å²) in [6.07, 6.45) is 4.03. The van der Waals surface area contributed by atoms with Crippen molar-refractivity contribution in [2.75, 3.05) is 0 Å². The second-order valence-electron chi connectivity index (χ2n) is 1.99. The van der Waals surface area contributed by atoms with E-state index in [1.807, 2.05) is 0 Å². The Labute approximate surface area is 47.8 Å². The minimum atomic E-state index is 0.0625. The van der Waals surface area contributed by atoms with Gasteiger partial charge in [-0.25, -0.2) is 0 Å². The Morgan fingerprint density at radius 1 is 1.62 bits per heavy atom. The zero-order valence-corrected chi connectivity index (χ0v) is 4.50. The van der Waals surface area contributed by atoms with Crippen LogP contribution in [0.5, 0.6) is 0 Å². The molecule has 8 heavy (non-hydrogen) atoms. The van der Waals surface area contributed by atoms with Gasteiger partial charge in [-0.1, -0.05) is 0 Å². The highest BCUT2D eigenvalue weighted by Crippen LogP contribution is 2.29. The van der Waals surface area contributed by atoms with Gasteiger partial charge in [0.05, 0.1) is 6.26 Å². The van der Waals surface area contributed by atoms with Gasteiger partial charge in [-0.05, 0) is 12.8 Å². The second kappa shape index (κ2) is 1.99. The first-order valence-electron chi connectivity index (χ1n) is 2.69. The summed E-state index contributed by atoms with van der Waals surface area (Å²) in [5, 5.41) is 8.11. The van der Waals surface area contributed by atoms with E-state index in [0.29, 0.717) is 0 Å². The van der Waals surface area contributed by atoms with Crippen LogP contribution in [-0.4, -0.2) is 10.9 Å². The largest absolute Gasteiger partial charge is 0.515 e. The molecular weight excluding hydrogens is 104 g/mol. The van der Waals surface area contributed by atoms with Crippen LogP contribution < -0.4 is 0 Å². The van der Waals surface area contributed by atoms with Gasteiger partial charge in [-0.15, -0.1) is 0 Å². The van der Waals surface area contributed by atoms with Crippen LogP contribution in [0.4, 0.5) is 0 Å². The molecule has 0 aromatic carbocycles. The van der Waals surface area contributed by atoms with Crippen molar-refractivity contribution < 1.29 is 9.90 Å². The molecule has 1 fully saturated rings. The fraction of sp³-hybridized carbons (Fsp3) is 0.500. The summed E-state index contributed by atoms with van der Waals surface area (Å²) in [7, 11) is 0. The number of carbonyl (C=O) groups is 1. The van der Waals surface area contributed by atoms with Gasteiger partial charge in [0.15, 0.2) is 5.78 Å². The van der Waals surface area contributed by atoms with E-state index in [1.165, 1.54) is 6.08 Å². The topological polar surface area (TPSA) is 37.3 Å². The number of rotatable bonds is 2. The Balaban J connectivity index is 2.33. The summed E-state index contributed by atoms with van der Waals surface area (Å²) in [5.74, 6) is 0.297. The average molecular weight is 112 g/mol. The van der Waals surface area contributed by atoms with Gasteiger partial charge in [0.1, 0.15) is 0 Å². The zero-order valence-electron chi connectivity index (χ0n) is 4.50. The van der Waals surface area contributed by atoms with E-state index in [4.69, 9.17) is 5.11 Å². The number of carbonyl (C=O) groups excluding carboxylic acids is 1. The van der Waals surface area contributed by atoms with Crippen molar-refractivity contribution >= 4 is 5.78 Å². The molecule has 0 radical (unpaired) electrons. The number of hydrogen-bond acceptors (Lipinski definition) is 2. The maximum atomic E-state index is 10.6. The van der Waals surface area contributed by atoms with E-state index in [2.05, 4.69) is 0 Å². The molecule has 0 atom stereocenters. The molecule has 0 bridgehead atoms. The Bertz CT molecular complexity index is 122. The molecule has 1 N–H and O–H groups in total. The predicted molar refractivity (Wildman–Crippen MR) is 29.5 cm³/mol. The minimum Gasteiger partial charge on any atom is -0.515 e. The van der Waals surface area contributed by atoms with Crippen LogP contribution in [0.2, 0.25) is 0 Å². The van der Waals surface area contributed by atoms with Crippen LogP contribution in [0, 0.1) is 5.92 Å². The molecule has 0 aliphatic heterocycles. The molecule has 44 valence electrons. The number of allylic oxidation sites excluding steroid dienone is 1. The Kier molecular flexibility index (Phi) is 1.33. The monoisotopic (exact) mass is 112 g/mol. The normalized spacial score (nSPS) is 19.5. The third-order valence-corrected chi connectivity index (χ3v) is 1.22. The Morgan fingerprint density at radius 3 is 2.62 bits per heavy atom. The first-order valence-corrected chi connectivity index (χ1v) is 2.69.